The standard InChI is InChI=1S/C18H17BrClNO/c19-15-7-5-14(6-8-15)18(9-10-18)12-21-17(22)11-13-3-1-2-4-16(13)20/h1-8H,9-12H2,(H,21,22). The van der Waals surface area contributed by atoms with Crippen LogP contribution in [0.4, 0.5) is 0 Å². The normalized spacial score (nSPS) is 15.4. The van der Waals surface area contributed by atoms with E-state index in [4.69, 9.17) is 11.6 Å². The molecule has 2 nitrogen and oxygen atoms in total. The van der Waals surface area contributed by atoms with Crippen LogP contribution in [0.25, 0.3) is 0 Å². The molecular formula is C18H17BrClNO. The minimum absolute atomic E-state index is 0.0245. The fraction of sp³-hybridized carbons (Fsp3) is 0.278. The molecule has 1 aliphatic carbocycles. The van der Waals surface area contributed by atoms with E-state index in [2.05, 4.69) is 45.5 Å². The van der Waals surface area contributed by atoms with E-state index >= 15 is 0 Å². The largest absolute Gasteiger partial charge is 0.355 e. The van der Waals surface area contributed by atoms with Gasteiger partial charge in [0.2, 0.25) is 5.91 Å². The summed E-state index contributed by atoms with van der Waals surface area (Å²) in [5, 5.41) is 3.71. The number of rotatable bonds is 5. The van der Waals surface area contributed by atoms with E-state index < -0.39 is 0 Å². The average molecular weight is 379 g/mol. The van der Waals surface area contributed by atoms with Crippen LogP contribution in [-0.4, -0.2) is 12.5 Å². The van der Waals surface area contributed by atoms with Gasteiger partial charge in [-0.05, 0) is 42.2 Å². The molecule has 4 heteroatoms. The first-order valence-electron chi connectivity index (χ1n) is 7.35. The van der Waals surface area contributed by atoms with Crippen LogP contribution < -0.4 is 5.32 Å². The summed E-state index contributed by atoms with van der Waals surface area (Å²) in [6.07, 6.45) is 2.58. The zero-order valence-corrected chi connectivity index (χ0v) is 14.5. The molecule has 22 heavy (non-hydrogen) atoms. The van der Waals surface area contributed by atoms with Crippen molar-refractivity contribution in [3.05, 3.63) is 69.2 Å². The topological polar surface area (TPSA) is 29.1 Å². The van der Waals surface area contributed by atoms with Crippen LogP contribution in [0.2, 0.25) is 5.02 Å². The minimum atomic E-state index is 0.0245. The fourth-order valence-electron chi connectivity index (χ4n) is 2.67. The molecule has 0 bridgehead atoms. The smallest absolute Gasteiger partial charge is 0.224 e. The maximum atomic E-state index is 12.1. The Balaban J connectivity index is 1.59. The molecule has 0 aliphatic heterocycles. The number of hydrogen-bond acceptors (Lipinski definition) is 1. The van der Waals surface area contributed by atoms with E-state index in [1.165, 1.54) is 5.56 Å². The summed E-state index contributed by atoms with van der Waals surface area (Å²) in [6, 6.07) is 15.9. The Morgan fingerprint density at radius 1 is 1.14 bits per heavy atom. The van der Waals surface area contributed by atoms with Crippen LogP contribution in [-0.2, 0) is 16.6 Å². The van der Waals surface area contributed by atoms with Crippen molar-refractivity contribution in [2.24, 2.45) is 0 Å². The van der Waals surface area contributed by atoms with Crippen molar-refractivity contribution >= 4 is 33.4 Å². The summed E-state index contributed by atoms with van der Waals surface area (Å²) in [5.74, 6) is 0.0245. The van der Waals surface area contributed by atoms with Gasteiger partial charge in [-0.15, -0.1) is 0 Å². The lowest BCUT2D eigenvalue weighted by molar-refractivity contribution is -0.120. The molecule has 0 saturated heterocycles. The van der Waals surface area contributed by atoms with Gasteiger partial charge in [0, 0.05) is 21.5 Å². The minimum Gasteiger partial charge on any atom is -0.355 e. The fourth-order valence-corrected chi connectivity index (χ4v) is 3.13. The highest BCUT2D eigenvalue weighted by atomic mass is 79.9. The van der Waals surface area contributed by atoms with Crippen molar-refractivity contribution in [2.45, 2.75) is 24.7 Å². The number of benzene rings is 2. The van der Waals surface area contributed by atoms with Gasteiger partial charge in [-0.1, -0.05) is 57.9 Å². The van der Waals surface area contributed by atoms with Gasteiger partial charge in [0.25, 0.3) is 0 Å². The third-order valence-corrected chi connectivity index (χ3v) is 5.14. The lowest BCUT2D eigenvalue weighted by Gasteiger charge is -2.17. The van der Waals surface area contributed by atoms with E-state index in [1.807, 2.05) is 24.3 Å². The summed E-state index contributed by atoms with van der Waals surface area (Å²) in [7, 11) is 0. The number of hydrogen-bond donors (Lipinski definition) is 1. The summed E-state index contributed by atoms with van der Waals surface area (Å²) >= 11 is 9.55. The molecule has 1 aliphatic rings. The third kappa shape index (κ3) is 3.53. The second kappa shape index (κ2) is 6.43. The van der Waals surface area contributed by atoms with E-state index in [1.54, 1.807) is 0 Å². The molecule has 0 aromatic heterocycles. The second-order valence-corrected chi connectivity index (χ2v) is 7.16. The molecule has 1 fully saturated rings. The predicted octanol–water partition coefficient (Wildman–Crippen LogP) is 4.49. The number of nitrogens with one attached hydrogen (secondary N) is 1. The molecule has 0 heterocycles. The van der Waals surface area contributed by atoms with Gasteiger partial charge >= 0.3 is 0 Å². The Morgan fingerprint density at radius 2 is 1.82 bits per heavy atom. The molecular weight excluding hydrogens is 362 g/mol. The summed E-state index contributed by atoms with van der Waals surface area (Å²) in [4.78, 5) is 12.1. The number of amides is 1. The number of carbonyl (C=O) groups is 1. The quantitative estimate of drug-likeness (QED) is 0.816. The zero-order valence-electron chi connectivity index (χ0n) is 12.1. The van der Waals surface area contributed by atoms with Crippen LogP contribution in [0.15, 0.2) is 53.0 Å². The Bertz CT molecular complexity index is 680. The molecule has 2 aromatic rings. The highest BCUT2D eigenvalue weighted by Gasteiger charge is 2.44. The van der Waals surface area contributed by atoms with Gasteiger partial charge in [0.05, 0.1) is 6.42 Å². The first kappa shape index (κ1) is 15.6. The van der Waals surface area contributed by atoms with Crippen LogP contribution in [0.3, 0.4) is 0 Å². The third-order valence-electron chi connectivity index (χ3n) is 4.24. The van der Waals surface area contributed by atoms with E-state index in [0.717, 1.165) is 22.9 Å². The van der Waals surface area contributed by atoms with Crippen molar-refractivity contribution in [2.75, 3.05) is 6.54 Å². The van der Waals surface area contributed by atoms with Crippen LogP contribution in [0.1, 0.15) is 24.0 Å². The Kier molecular flexibility index (Phi) is 4.55. The predicted molar refractivity (Wildman–Crippen MR) is 93.2 cm³/mol. The Hall–Kier alpha value is -1.32. The lowest BCUT2D eigenvalue weighted by Crippen LogP contribution is -2.33. The molecule has 3 rings (SSSR count). The monoisotopic (exact) mass is 377 g/mol. The number of halogens is 2. The van der Waals surface area contributed by atoms with Gasteiger partial charge < -0.3 is 5.32 Å². The first-order chi connectivity index (χ1) is 10.6. The van der Waals surface area contributed by atoms with Crippen molar-refractivity contribution in [3.63, 3.8) is 0 Å². The Morgan fingerprint density at radius 3 is 2.45 bits per heavy atom. The van der Waals surface area contributed by atoms with Crippen molar-refractivity contribution in [1.82, 2.24) is 5.32 Å². The molecule has 2 aromatic carbocycles. The second-order valence-electron chi connectivity index (χ2n) is 5.83. The average Bonchev–Trinajstić information content (AvgIpc) is 3.29. The van der Waals surface area contributed by atoms with E-state index in [0.29, 0.717) is 18.0 Å². The maximum Gasteiger partial charge on any atom is 0.224 e. The van der Waals surface area contributed by atoms with E-state index in [9.17, 15) is 4.79 Å². The highest BCUT2D eigenvalue weighted by molar-refractivity contribution is 9.10. The molecule has 0 radical (unpaired) electrons. The lowest BCUT2D eigenvalue weighted by atomic mass is 9.96. The van der Waals surface area contributed by atoms with Crippen LogP contribution in [0.5, 0.6) is 0 Å². The molecule has 114 valence electrons. The Labute approximate surface area is 144 Å². The van der Waals surface area contributed by atoms with Crippen molar-refractivity contribution in [1.29, 1.82) is 0 Å². The summed E-state index contributed by atoms with van der Waals surface area (Å²) in [5.41, 5.74) is 2.29. The van der Waals surface area contributed by atoms with Gasteiger partial charge in [0.1, 0.15) is 0 Å². The van der Waals surface area contributed by atoms with Gasteiger partial charge in [-0.2, -0.15) is 0 Å². The highest BCUT2D eigenvalue weighted by Crippen LogP contribution is 2.47. The number of carbonyl (C=O) groups excluding carboxylic acids is 1. The molecule has 0 atom stereocenters. The summed E-state index contributed by atoms with van der Waals surface area (Å²) < 4.78 is 1.08. The first-order valence-corrected chi connectivity index (χ1v) is 8.52. The zero-order chi connectivity index (χ0) is 15.6. The van der Waals surface area contributed by atoms with Gasteiger partial charge in [-0.3, -0.25) is 4.79 Å². The van der Waals surface area contributed by atoms with Crippen molar-refractivity contribution < 1.29 is 4.79 Å². The SMILES string of the molecule is O=C(Cc1ccccc1Cl)NCC1(c2ccc(Br)cc2)CC1. The maximum absolute atomic E-state index is 12.1. The van der Waals surface area contributed by atoms with Gasteiger partial charge in [0.15, 0.2) is 0 Å². The van der Waals surface area contributed by atoms with E-state index in [-0.39, 0.29) is 11.3 Å². The molecule has 1 saturated carbocycles. The summed E-state index contributed by atoms with van der Waals surface area (Å²) in [6.45, 7) is 0.692. The van der Waals surface area contributed by atoms with Crippen LogP contribution >= 0.6 is 27.5 Å². The van der Waals surface area contributed by atoms with Crippen molar-refractivity contribution in [3.8, 4) is 0 Å². The molecule has 0 spiro atoms. The molecule has 1 N–H and O–H groups in total. The van der Waals surface area contributed by atoms with Gasteiger partial charge in [-0.25, -0.2) is 0 Å². The molecule has 0 unspecified atom stereocenters. The van der Waals surface area contributed by atoms with Crippen LogP contribution in [0, 0.1) is 0 Å². The molecule has 1 amide bonds.